The minimum atomic E-state index is -0.342. The quantitative estimate of drug-likeness (QED) is 0.924. The fraction of sp³-hybridized carbons (Fsp3) is 0.389. The van der Waals surface area contributed by atoms with Crippen molar-refractivity contribution in [3.8, 4) is 0 Å². The van der Waals surface area contributed by atoms with E-state index in [1.54, 1.807) is 0 Å². The zero-order valence-electron chi connectivity index (χ0n) is 11.9. The molecule has 0 aliphatic heterocycles. The van der Waals surface area contributed by atoms with E-state index in [-0.39, 0.29) is 12.0 Å². The van der Waals surface area contributed by atoms with Gasteiger partial charge in [0, 0.05) is 17.8 Å². The number of nitrogens with zero attached hydrogens (tertiary/aromatic N) is 1. The molecule has 1 aromatic heterocycles. The monoisotopic (exact) mass is 267 g/mol. The Bertz CT molecular complexity index is 593. The fourth-order valence-corrected chi connectivity index (χ4v) is 3.24. The highest BCUT2D eigenvalue weighted by atomic mass is 16.3. The number of hydrogen-bond acceptors (Lipinski definition) is 2. The van der Waals surface area contributed by atoms with E-state index < -0.39 is 0 Å². The topological polar surface area (TPSA) is 33.1 Å². The molecule has 0 radical (unpaired) electrons. The average molecular weight is 267 g/mol. The summed E-state index contributed by atoms with van der Waals surface area (Å²) in [7, 11) is 0. The molecule has 0 saturated heterocycles. The Morgan fingerprint density at radius 2 is 2.20 bits per heavy atom. The molecule has 2 unspecified atom stereocenters. The molecule has 2 atom stereocenters. The normalized spacial score (nSPS) is 19.4. The first-order valence-electron chi connectivity index (χ1n) is 7.41. The maximum Gasteiger partial charge on any atom is 0.0664 e. The van der Waals surface area contributed by atoms with Crippen molar-refractivity contribution in [1.82, 2.24) is 4.98 Å². The molecular formula is C18H21NO. The van der Waals surface area contributed by atoms with Crippen LogP contribution in [0.15, 0.2) is 42.6 Å². The minimum absolute atomic E-state index is 0.181. The van der Waals surface area contributed by atoms with Gasteiger partial charge in [0.2, 0.25) is 0 Å². The van der Waals surface area contributed by atoms with Gasteiger partial charge in [-0.1, -0.05) is 35.9 Å². The van der Waals surface area contributed by atoms with Crippen LogP contribution in [-0.4, -0.2) is 16.2 Å². The fourth-order valence-electron chi connectivity index (χ4n) is 3.24. The Balaban J connectivity index is 1.80. The SMILES string of the molecule is Cc1cccc(CC(O)C2CCCc3cccnc32)c1. The van der Waals surface area contributed by atoms with E-state index in [1.807, 2.05) is 12.3 Å². The van der Waals surface area contributed by atoms with Gasteiger partial charge >= 0.3 is 0 Å². The molecule has 1 aliphatic carbocycles. The van der Waals surface area contributed by atoms with Gasteiger partial charge < -0.3 is 5.11 Å². The predicted molar refractivity (Wildman–Crippen MR) is 80.8 cm³/mol. The number of aryl methyl sites for hydroxylation is 2. The second kappa shape index (κ2) is 5.76. The van der Waals surface area contributed by atoms with Crippen molar-refractivity contribution in [3.05, 3.63) is 65.0 Å². The van der Waals surface area contributed by atoms with Crippen LogP contribution in [0.1, 0.15) is 41.1 Å². The second-order valence-corrected chi connectivity index (χ2v) is 5.81. The van der Waals surface area contributed by atoms with Crippen molar-refractivity contribution in [2.24, 2.45) is 0 Å². The molecule has 0 bridgehead atoms. The highest BCUT2D eigenvalue weighted by Crippen LogP contribution is 2.33. The van der Waals surface area contributed by atoms with Gasteiger partial charge in [0.1, 0.15) is 0 Å². The number of aliphatic hydroxyl groups excluding tert-OH is 1. The van der Waals surface area contributed by atoms with Gasteiger partial charge in [-0.05, 0) is 49.8 Å². The lowest BCUT2D eigenvalue weighted by molar-refractivity contribution is 0.132. The Morgan fingerprint density at radius 3 is 3.05 bits per heavy atom. The number of fused-ring (bicyclic) bond motifs is 1. The molecule has 3 rings (SSSR count). The summed E-state index contributed by atoms with van der Waals surface area (Å²) in [5.74, 6) is 0.181. The van der Waals surface area contributed by atoms with E-state index in [0.717, 1.165) is 25.0 Å². The Kier molecular flexibility index (Phi) is 3.83. The highest BCUT2D eigenvalue weighted by Gasteiger charge is 2.27. The number of pyridine rings is 1. The van der Waals surface area contributed by atoms with Crippen LogP contribution in [0, 0.1) is 6.92 Å². The van der Waals surface area contributed by atoms with Crippen LogP contribution >= 0.6 is 0 Å². The van der Waals surface area contributed by atoms with Crippen molar-refractivity contribution in [2.75, 3.05) is 0 Å². The minimum Gasteiger partial charge on any atom is -0.392 e. The summed E-state index contributed by atoms with van der Waals surface area (Å²) in [5, 5.41) is 10.6. The molecule has 1 N–H and O–H groups in total. The first-order chi connectivity index (χ1) is 9.74. The third kappa shape index (κ3) is 2.75. The van der Waals surface area contributed by atoms with E-state index >= 15 is 0 Å². The largest absolute Gasteiger partial charge is 0.392 e. The molecule has 1 heterocycles. The average Bonchev–Trinajstić information content (AvgIpc) is 2.46. The molecule has 0 fully saturated rings. The van der Waals surface area contributed by atoms with E-state index in [1.165, 1.54) is 16.7 Å². The third-order valence-electron chi connectivity index (χ3n) is 4.23. The molecule has 0 spiro atoms. The Labute approximate surface area is 120 Å². The summed E-state index contributed by atoms with van der Waals surface area (Å²) in [6.07, 6.45) is 5.49. The molecule has 20 heavy (non-hydrogen) atoms. The van der Waals surface area contributed by atoms with Gasteiger partial charge in [-0.2, -0.15) is 0 Å². The summed E-state index contributed by atoms with van der Waals surface area (Å²) < 4.78 is 0. The molecule has 1 aromatic carbocycles. The van der Waals surface area contributed by atoms with Crippen molar-refractivity contribution < 1.29 is 5.11 Å². The Hall–Kier alpha value is -1.67. The number of aromatic nitrogens is 1. The van der Waals surface area contributed by atoms with Gasteiger partial charge in [0.15, 0.2) is 0 Å². The van der Waals surface area contributed by atoms with Crippen molar-refractivity contribution >= 4 is 0 Å². The number of benzene rings is 1. The maximum atomic E-state index is 10.6. The molecule has 2 heteroatoms. The van der Waals surface area contributed by atoms with Gasteiger partial charge in [0.05, 0.1) is 6.10 Å². The van der Waals surface area contributed by atoms with Crippen molar-refractivity contribution in [3.63, 3.8) is 0 Å². The van der Waals surface area contributed by atoms with Gasteiger partial charge in [-0.15, -0.1) is 0 Å². The molecule has 1 aliphatic rings. The van der Waals surface area contributed by atoms with Crippen LogP contribution in [0.25, 0.3) is 0 Å². The zero-order chi connectivity index (χ0) is 13.9. The lowest BCUT2D eigenvalue weighted by atomic mass is 9.81. The van der Waals surface area contributed by atoms with Crippen LogP contribution in [0.2, 0.25) is 0 Å². The van der Waals surface area contributed by atoms with E-state index in [2.05, 4.69) is 42.2 Å². The van der Waals surface area contributed by atoms with Crippen LogP contribution in [0.4, 0.5) is 0 Å². The second-order valence-electron chi connectivity index (χ2n) is 5.81. The molecule has 104 valence electrons. The molecule has 2 nitrogen and oxygen atoms in total. The summed E-state index contributed by atoms with van der Waals surface area (Å²) in [5.41, 5.74) is 4.88. The summed E-state index contributed by atoms with van der Waals surface area (Å²) in [6.45, 7) is 2.09. The molecular weight excluding hydrogens is 246 g/mol. The van der Waals surface area contributed by atoms with Gasteiger partial charge in [-0.3, -0.25) is 4.98 Å². The van der Waals surface area contributed by atoms with Gasteiger partial charge in [0.25, 0.3) is 0 Å². The summed E-state index contributed by atoms with van der Waals surface area (Å²) in [6, 6.07) is 12.5. The first-order valence-corrected chi connectivity index (χ1v) is 7.41. The van der Waals surface area contributed by atoms with Gasteiger partial charge in [-0.25, -0.2) is 0 Å². The zero-order valence-corrected chi connectivity index (χ0v) is 11.9. The maximum absolute atomic E-state index is 10.6. The molecule has 2 aromatic rings. The van der Waals surface area contributed by atoms with Crippen LogP contribution in [0.5, 0.6) is 0 Å². The van der Waals surface area contributed by atoms with E-state index in [0.29, 0.717) is 6.42 Å². The predicted octanol–water partition coefficient (Wildman–Crippen LogP) is 3.41. The van der Waals surface area contributed by atoms with Crippen molar-refractivity contribution in [1.29, 1.82) is 0 Å². The molecule has 0 amide bonds. The van der Waals surface area contributed by atoms with E-state index in [4.69, 9.17) is 0 Å². The molecule has 0 saturated carbocycles. The summed E-state index contributed by atoms with van der Waals surface area (Å²) in [4.78, 5) is 4.52. The highest BCUT2D eigenvalue weighted by molar-refractivity contribution is 5.28. The van der Waals surface area contributed by atoms with Crippen LogP contribution < -0.4 is 0 Å². The standard InChI is InChI=1S/C18H21NO/c1-13-5-2-6-14(11-13)12-17(20)16-9-3-7-15-8-4-10-19-18(15)16/h2,4-6,8,10-11,16-17,20H,3,7,9,12H2,1H3. The lowest BCUT2D eigenvalue weighted by Gasteiger charge is -2.28. The van der Waals surface area contributed by atoms with E-state index in [9.17, 15) is 5.11 Å². The summed E-state index contributed by atoms with van der Waals surface area (Å²) >= 11 is 0. The van der Waals surface area contributed by atoms with Crippen LogP contribution in [-0.2, 0) is 12.8 Å². The number of hydrogen-bond donors (Lipinski definition) is 1. The smallest absolute Gasteiger partial charge is 0.0664 e. The van der Waals surface area contributed by atoms with Crippen LogP contribution in [0.3, 0.4) is 0 Å². The van der Waals surface area contributed by atoms with Crippen molar-refractivity contribution in [2.45, 2.75) is 44.6 Å². The lowest BCUT2D eigenvalue weighted by Crippen LogP contribution is -2.26. The number of rotatable bonds is 3. The first kappa shape index (κ1) is 13.3. The Morgan fingerprint density at radius 1 is 1.30 bits per heavy atom. The third-order valence-corrected chi connectivity index (χ3v) is 4.23. The number of aliphatic hydroxyl groups is 1.